The van der Waals surface area contributed by atoms with Gasteiger partial charge in [-0.3, -0.25) is 9.36 Å². The third-order valence-corrected chi connectivity index (χ3v) is 7.71. The number of allylic oxidation sites excluding steroid dienone is 1. The SMILES string of the molecule is CCCC1=C(C(=O)OCC)[C@@H](c2cc(Br)ccc2OC)n2c(s/c(=C/c3cc(Cl)c(O)c(OC)c3)c2=O)=N1. The number of fused-ring (bicyclic) bond motifs is 1. The van der Waals surface area contributed by atoms with Crippen LogP contribution in [0.4, 0.5) is 0 Å². The highest BCUT2D eigenvalue weighted by Gasteiger charge is 2.36. The third kappa shape index (κ3) is 5.25. The fourth-order valence-corrected chi connectivity index (χ4v) is 5.94. The number of hydrogen-bond acceptors (Lipinski definition) is 8. The van der Waals surface area contributed by atoms with Crippen molar-refractivity contribution in [3.63, 3.8) is 0 Å². The number of rotatable bonds is 8. The molecule has 0 aliphatic carbocycles. The molecule has 0 radical (unpaired) electrons. The molecule has 0 saturated heterocycles. The van der Waals surface area contributed by atoms with Gasteiger partial charge >= 0.3 is 5.97 Å². The number of thiazole rings is 1. The van der Waals surface area contributed by atoms with Crippen molar-refractivity contribution in [2.75, 3.05) is 20.8 Å². The van der Waals surface area contributed by atoms with Gasteiger partial charge in [0.1, 0.15) is 11.8 Å². The lowest BCUT2D eigenvalue weighted by Gasteiger charge is -2.27. The maximum absolute atomic E-state index is 13.9. The van der Waals surface area contributed by atoms with Gasteiger partial charge in [0.15, 0.2) is 16.3 Å². The zero-order chi connectivity index (χ0) is 27.6. The second-order valence-corrected chi connectivity index (χ2v) is 10.7. The number of carbonyl (C=O) groups is 1. The van der Waals surface area contributed by atoms with E-state index in [9.17, 15) is 14.7 Å². The fourth-order valence-electron chi connectivity index (χ4n) is 4.32. The average Bonchev–Trinajstić information content (AvgIpc) is 3.19. The molecule has 0 unspecified atom stereocenters. The van der Waals surface area contributed by atoms with Crippen LogP contribution in [-0.2, 0) is 9.53 Å². The van der Waals surface area contributed by atoms with E-state index in [-0.39, 0.29) is 28.7 Å². The van der Waals surface area contributed by atoms with Gasteiger partial charge in [-0.15, -0.1) is 0 Å². The van der Waals surface area contributed by atoms with E-state index in [2.05, 4.69) is 15.9 Å². The van der Waals surface area contributed by atoms with E-state index in [0.29, 0.717) is 43.9 Å². The Morgan fingerprint density at radius 3 is 2.61 bits per heavy atom. The highest BCUT2D eigenvalue weighted by atomic mass is 79.9. The van der Waals surface area contributed by atoms with Crippen molar-refractivity contribution in [2.45, 2.75) is 32.7 Å². The molecule has 1 aromatic heterocycles. The van der Waals surface area contributed by atoms with Crippen LogP contribution in [0.2, 0.25) is 5.02 Å². The van der Waals surface area contributed by atoms with E-state index in [4.69, 9.17) is 30.8 Å². The zero-order valence-electron chi connectivity index (χ0n) is 21.2. The number of phenolic OH excluding ortho intramolecular Hbond substituents is 1. The summed E-state index contributed by atoms with van der Waals surface area (Å²) in [6, 6.07) is 7.75. The Bertz CT molecular complexity index is 1610. The highest BCUT2D eigenvalue weighted by molar-refractivity contribution is 9.10. The van der Waals surface area contributed by atoms with E-state index in [0.717, 1.165) is 10.9 Å². The summed E-state index contributed by atoms with van der Waals surface area (Å²) in [6.07, 6.45) is 2.92. The van der Waals surface area contributed by atoms with E-state index in [1.54, 1.807) is 38.3 Å². The van der Waals surface area contributed by atoms with Crippen LogP contribution in [0, 0.1) is 0 Å². The summed E-state index contributed by atoms with van der Waals surface area (Å²) in [5.41, 5.74) is 1.71. The minimum Gasteiger partial charge on any atom is -0.503 e. The first-order valence-corrected chi connectivity index (χ1v) is 13.8. The van der Waals surface area contributed by atoms with Gasteiger partial charge in [-0.2, -0.15) is 0 Å². The Hall–Kier alpha value is -3.08. The van der Waals surface area contributed by atoms with Gasteiger partial charge < -0.3 is 19.3 Å². The van der Waals surface area contributed by atoms with Crippen LogP contribution in [0.15, 0.2) is 55.9 Å². The number of nitrogens with zero attached hydrogens (tertiary/aromatic N) is 2. The number of ether oxygens (including phenoxy) is 3. The number of halogens is 2. The molecule has 0 fully saturated rings. The average molecular weight is 622 g/mol. The molecule has 0 spiro atoms. The molecular formula is C27H26BrClN2O6S. The Morgan fingerprint density at radius 1 is 1.21 bits per heavy atom. The number of hydrogen-bond donors (Lipinski definition) is 1. The predicted octanol–water partition coefficient (Wildman–Crippen LogP) is 4.72. The number of phenols is 1. The standard InChI is InChI=1S/C27H26BrClN2O6S/c1-5-7-18-22(26(34)37-6-2)23(16-13-15(28)8-9-19(16)35-3)31-25(33)21(38-27(31)30-18)12-14-10-17(29)24(32)20(11-14)36-4/h8-13,23,32H,5-7H2,1-4H3/b21-12+/t23-/m1/s1. The topological polar surface area (TPSA) is 99.4 Å². The molecule has 1 aliphatic heterocycles. The number of methoxy groups -OCH3 is 2. The Morgan fingerprint density at radius 2 is 1.95 bits per heavy atom. The quantitative estimate of drug-likeness (QED) is 0.366. The summed E-state index contributed by atoms with van der Waals surface area (Å²) in [5, 5.41) is 10.2. The summed E-state index contributed by atoms with van der Waals surface area (Å²) in [7, 11) is 2.96. The number of aromatic hydroxyl groups is 1. The van der Waals surface area contributed by atoms with Gasteiger partial charge in [-0.1, -0.05) is 52.2 Å². The molecule has 200 valence electrons. The van der Waals surface area contributed by atoms with Crippen molar-refractivity contribution < 1.29 is 24.1 Å². The van der Waals surface area contributed by atoms with Crippen molar-refractivity contribution in [1.29, 1.82) is 0 Å². The smallest absolute Gasteiger partial charge is 0.338 e. The predicted molar refractivity (Wildman–Crippen MR) is 150 cm³/mol. The Labute approximate surface area is 236 Å². The first kappa shape index (κ1) is 27.9. The van der Waals surface area contributed by atoms with Crippen LogP contribution >= 0.6 is 38.9 Å². The normalized spacial score (nSPS) is 15.2. The van der Waals surface area contributed by atoms with Crippen LogP contribution in [0.5, 0.6) is 17.2 Å². The molecule has 0 saturated carbocycles. The van der Waals surface area contributed by atoms with Gasteiger partial charge in [0.25, 0.3) is 5.56 Å². The monoisotopic (exact) mass is 620 g/mol. The third-order valence-electron chi connectivity index (χ3n) is 5.95. The van der Waals surface area contributed by atoms with Crippen LogP contribution in [0.25, 0.3) is 6.08 Å². The van der Waals surface area contributed by atoms with Crippen molar-refractivity contribution in [2.24, 2.45) is 4.99 Å². The highest BCUT2D eigenvalue weighted by Crippen LogP contribution is 2.38. The molecule has 1 aliphatic rings. The van der Waals surface area contributed by atoms with Gasteiger partial charge in [0, 0.05) is 10.0 Å². The fraction of sp³-hybridized carbons (Fsp3) is 0.296. The van der Waals surface area contributed by atoms with E-state index in [1.165, 1.54) is 23.0 Å². The summed E-state index contributed by atoms with van der Waals surface area (Å²) in [6.45, 7) is 3.91. The summed E-state index contributed by atoms with van der Waals surface area (Å²) in [4.78, 5) is 32.5. The lowest BCUT2D eigenvalue weighted by atomic mass is 9.93. The molecule has 8 nitrogen and oxygen atoms in total. The second kappa shape index (κ2) is 11.8. The van der Waals surface area contributed by atoms with Crippen LogP contribution < -0.4 is 24.4 Å². The summed E-state index contributed by atoms with van der Waals surface area (Å²) < 4.78 is 18.9. The molecule has 2 heterocycles. The second-order valence-electron chi connectivity index (χ2n) is 8.35. The van der Waals surface area contributed by atoms with Crippen LogP contribution in [-0.4, -0.2) is 36.5 Å². The van der Waals surface area contributed by atoms with E-state index < -0.39 is 12.0 Å². The lowest BCUT2D eigenvalue weighted by Crippen LogP contribution is -2.40. The maximum atomic E-state index is 13.9. The van der Waals surface area contributed by atoms with Crippen LogP contribution in [0.1, 0.15) is 43.9 Å². The van der Waals surface area contributed by atoms with Crippen molar-refractivity contribution >= 4 is 50.9 Å². The molecule has 1 N–H and O–H groups in total. The van der Waals surface area contributed by atoms with Gasteiger partial charge in [0.2, 0.25) is 0 Å². The van der Waals surface area contributed by atoms with E-state index >= 15 is 0 Å². The molecule has 2 aromatic carbocycles. The van der Waals surface area contributed by atoms with Gasteiger partial charge in [-0.25, -0.2) is 9.79 Å². The van der Waals surface area contributed by atoms with Crippen molar-refractivity contribution in [1.82, 2.24) is 4.57 Å². The number of benzene rings is 2. The van der Waals surface area contributed by atoms with Gasteiger partial charge in [0.05, 0.1) is 41.7 Å². The molecule has 0 amide bonds. The molecular weight excluding hydrogens is 596 g/mol. The largest absolute Gasteiger partial charge is 0.503 e. The number of carbonyl (C=O) groups excluding carboxylic acids is 1. The Balaban J connectivity index is 2.05. The molecule has 4 rings (SSSR count). The number of aromatic nitrogens is 1. The van der Waals surface area contributed by atoms with E-state index in [1.807, 2.05) is 19.1 Å². The maximum Gasteiger partial charge on any atom is 0.338 e. The lowest BCUT2D eigenvalue weighted by molar-refractivity contribution is -0.139. The van der Waals surface area contributed by atoms with Gasteiger partial charge in [-0.05, 0) is 55.3 Å². The zero-order valence-corrected chi connectivity index (χ0v) is 24.4. The molecule has 1 atom stereocenters. The minimum atomic E-state index is -0.820. The molecule has 0 bridgehead atoms. The molecule has 38 heavy (non-hydrogen) atoms. The first-order chi connectivity index (χ1) is 18.2. The first-order valence-electron chi connectivity index (χ1n) is 11.9. The van der Waals surface area contributed by atoms with Crippen molar-refractivity contribution in [3.8, 4) is 17.2 Å². The van der Waals surface area contributed by atoms with Crippen LogP contribution in [0.3, 0.4) is 0 Å². The minimum absolute atomic E-state index is 0.0925. The molecule has 11 heteroatoms. The Kier molecular flexibility index (Phi) is 8.64. The summed E-state index contributed by atoms with van der Waals surface area (Å²) in [5.74, 6) is -0.0145. The van der Waals surface area contributed by atoms with Crippen molar-refractivity contribution in [3.05, 3.63) is 81.9 Å². The molecule has 3 aromatic rings. The summed E-state index contributed by atoms with van der Waals surface area (Å²) >= 11 is 10.9. The number of esters is 1.